The summed E-state index contributed by atoms with van der Waals surface area (Å²) < 4.78 is 11.6. The fourth-order valence-electron chi connectivity index (χ4n) is 4.36. The summed E-state index contributed by atoms with van der Waals surface area (Å²) in [6, 6.07) is 25.3. The SMILES string of the molecule is COc1cc(CC2NCCc3c2[nH]c2ccccc32)ccc1OCc1ccccc1. The van der Waals surface area contributed by atoms with Gasteiger partial charge in [-0.1, -0.05) is 54.6 Å². The van der Waals surface area contributed by atoms with Gasteiger partial charge in [-0.2, -0.15) is 0 Å². The number of methoxy groups -OCH3 is 1. The van der Waals surface area contributed by atoms with Crippen LogP contribution in [0.25, 0.3) is 10.9 Å². The lowest BCUT2D eigenvalue weighted by Crippen LogP contribution is -2.31. The summed E-state index contributed by atoms with van der Waals surface area (Å²) in [5.41, 5.74) is 6.35. The number of para-hydroxylation sites is 1. The number of fused-ring (bicyclic) bond motifs is 3. The lowest BCUT2D eigenvalue weighted by Gasteiger charge is -2.25. The van der Waals surface area contributed by atoms with Gasteiger partial charge in [0.15, 0.2) is 11.5 Å². The third kappa shape index (κ3) is 3.66. The molecule has 0 aliphatic carbocycles. The average Bonchev–Trinajstić information content (AvgIpc) is 3.19. The predicted molar refractivity (Wildman–Crippen MR) is 120 cm³/mol. The molecule has 0 spiro atoms. The van der Waals surface area contributed by atoms with E-state index in [1.165, 1.54) is 27.7 Å². The summed E-state index contributed by atoms with van der Waals surface area (Å²) in [6.07, 6.45) is 1.96. The molecule has 0 saturated heterocycles. The molecule has 1 aromatic heterocycles. The van der Waals surface area contributed by atoms with E-state index in [2.05, 4.69) is 58.8 Å². The molecule has 2 heterocycles. The molecule has 0 saturated carbocycles. The van der Waals surface area contributed by atoms with Crippen LogP contribution < -0.4 is 14.8 Å². The minimum atomic E-state index is 0.266. The van der Waals surface area contributed by atoms with Crippen molar-refractivity contribution in [2.45, 2.75) is 25.5 Å². The van der Waals surface area contributed by atoms with Crippen molar-refractivity contribution in [3.63, 3.8) is 0 Å². The number of rotatable bonds is 6. The Morgan fingerprint density at radius 3 is 2.60 bits per heavy atom. The van der Waals surface area contributed by atoms with Gasteiger partial charge >= 0.3 is 0 Å². The minimum absolute atomic E-state index is 0.266. The van der Waals surface area contributed by atoms with Crippen molar-refractivity contribution in [1.29, 1.82) is 0 Å². The first kappa shape index (κ1) is 18.8. The second-order valence-electron chi connectivity index (χ2n) is 7.78. The van der Waals surface area contributed by atoms with Crippen molar-refractivity contribution in [3.8, 4) is 11.5 Å². The Kier molecular flexibility index (Phi) is 5.16. The number of aromatic nitrogens is 1. The van der Waals surface area contributed by atoms with Crippen molar-refractivity contribution >= 4 is 10.9 Å². The molecule has 1 atom stereocenters. The van der Waals surface area contributed by atoms with Crippen LogP contribution in [-0.4, -0.2) is 18.6 Å². The van der Waals surface area contributed by atoms with Gasteiger partial charge in [0.1, 0.15) is 6.61 Å². The third-order valence-corrected chi connectivity index (χ3v) is 5.87. The quantitative estimate of drug-likeness (QED) is 0.470. The van der Waals surface area contributed by atoms with Crippen LogP contribution in [-0.2, 0) is 19.4 Å². The molecule has 0 bridgehead atoms. The molecule has 30 heavy (non-hydrogen) atoms. The Bertz CT molecular complexity index is 1150. The summed E-state index contributed by atoms with van der Waals surface area (Å²) in [4.78, 5) is 3.65. The average molecular weight is 399 g/mol. The Morgan fingerprint density at radius 1 is 0.900 bits per heavy atom. The molecule has 3 aromatic carbocycles. The Labute approximate surface area is 176 Å². The van der Waals surface area contributed by atoms with E-state index < -0.39 is 0 Å². The highest BCUT2D eigenvalue weighted by Crippen LogP contribution is 2.34. The smallest absolute Gasteiger partial charge is 0.161 e. The van der Waals surface area contributed by atoms with Crippen LogP contribution in [0.3, 0.4) is 0 Å². The molecule has 4 nitrogen and oxygen atoms in total. The predicted octanol–water partition coefficient (Wildman–Crippen LogP) is 5.19. The van der Waals surface area contributed by atoms with E-state index in [1.807, 2.05) is 24.3 Å². The van der Waals surface area contributed by atoms with E-state index in [4.69, 9.17) is 9.47 Å². The standard InChI is InChI=1S/C26H26N2O2/c1-29-25-16-19(11-12-24(25)30-17-18-7-3-2-4-8-18)15-23-26-21(13-14-27-23)20-9-5-6-10-22(20)28-26/h2-12,16,23,27-28H,13-15,17H2,1H3. The first-order chi connectivity index (χ1) is 14.8. The summed E-state index contributed by atoms with van der Waals surface area (Å²) in [5.74, 6) is 1.55. The molecular formula is C26H26N2O2. The fraction of sp³-hybridized carbons (Fsp3) is 0.231. The van der Waals surface area contributed by atoms with Gasteiger partial charge in [-0.15, -0.1) is 0 Å². The van der Waals surface area contributed by atoms with Crippen LogP contribution in [0.15, 0.2) is 72.8 Å². The molecule has 4 aromatic rings. The number of nitrogens with one attached hydrogen (secondary N) is 2. The van der Waals surface area contributed by atoms with Crippen molar-refractivity contribution in [2.24, 2.45) is 0 Å². The fourth-order valence-corrected chi connectivity index (χ4v) is 4.36. The molecular weight excluding hydrogens is 372 g/mol. The van der Waals surface area contributed by atoms with Crippen molar-refractivity contribution < 1.29 is 9.47 Å². The van der Waals surface area contributed by atoms with Crippen LogP contribution in [0.2, 0.25) is 0 Å². The number of hydrogen-bond acceptors (Lipinski definition) is 3. The van der Waals surface area contributed by atoms with E-state index >= 15 is 0 Å². The molecule has 0 amide bonds. The summed E-state index contributed by atoms with van der Waals surface area (Å²) >= 11 is 0. The van der Waals surface area contributed by atoms with E-state index in [0.717, 1.165) is 36.4 Å². The second kappa shape index (κ2) is 8.25. The number of benzene rings is 3. The molecule has 2 N–H and O–H groups in total. The number of H-pyrrole nitrogens is 1. The number of aromatic amines is 1. The van der Waals surface area contributed by atoms with Gasteiger partial charge in [0, 0.05) is 16.6 Å². The number of ether oxygens (including phenoxy) is 2. The molecule has 1 aliphatic rings. The Hall–Kier alpha value is -3.24. The zero-order chi connectivity index (χ0) is 20.3. The topological polar surface area (TPSA) is 46.3 Å². The molecule has 1 aliphatic heterocycles. The molecule has 1 unspecified atom stereocenters. The van der Waals surface area contributed by atoms with Gasteiger partial charge in [-0.05, 0) is 54.3 Å². The maximum absolute atomic E-state index is 6.01. The van der Waals surface area contributed by atoms with Crippen LogP contribution in [0.4, 0.5) is 0 Å². The van der Waals surface area contributed by atoms with E-state index in [1.54, 1.807) is 7.11 Å². The Morgan fingerprint density at radius 2 is 1.73 bits per heavy atom. The molecule has 0 radical (unpaired) electrons. The molecule has 0 fully saturated rings. The molecule has 4 heteroatoms. The van der Waals surface area contributed by atoms with Crippen LogP contribution in [0.5, 0.6) is 11.5 Å². The van der Waals surface area contributed by atoms with E-state index in [9.17, 15) is 0 Å². The van der Waals surface area contributed by atoms with Crippen molar-refractivity contribution in [3.05, 3.63) is 95.2 Å². The van der Waals surface area contributed by atoms with Crippen LogP contribution in [0, 0.1) is 0 Å². The first-order valence-corrected chi connectivity index (χ1v) is 10.5. The number of hydrogen-bond donors (Lipinski definition) is 2. The monoisotopic (exact) mass is 398 g/mol. The molecule has 5 rings (SSSR count). The highest BCUT2D eigenvalue weighted by atomic mass is 16.5. The van der Waals surface area contributed by atoms with Gasteiger partial charge < -0.3 is 19.8 Å². The zero-order valence-corrected chi connectivity index (χ0v) is 17.2. The summed E-state index contributed by atoms with van der Waals surface area (Å²) in [7, 11) is 1.70. The minimum Gasteiger partial charge on any atom is -0.493 e. The van der Waals surface area contributed by atoms with Gasteiger partial charge in [0.2, 0.25) is 0 Å². The maximum Gasteiger partial charge on any atom is 0.161 e. The Balaban J connectivity index is 1.36. The highest BCUT2D eigenvalue weighted by Gasteiger charge is 2.24. The molecule has 152 valence electrons. The third-order valence-electron chi connectivity index (χ3n) is 5.87. The lowest BCUT2D eigenvalue weighted by atomic mass is 9.94. The zero-order valence-electron chi connectivity index (χ0n) is 17.2. The van der Waals surface area contributed by atoms with Gasteiger partial charge in [-0.3, -0.25) is 0 Å². The lowest BCUT2D eigenvalue weighted by molar-refractivity contribution is 0.284. The van der Waals surface area contributed by atoms with E-state index in [0.29, 0.717) is 6.61 Å². The van der Waals surface area contributed by atoms with Gasteiger partial charge in [-0.25, -0.2) is 0 Å². The maximum atomic E-state index is 6.01. The van der Waals surface area contributed by atoms with Gasteiger partial charge in [0.05, 0.1) is 13.2 Å². The largest absolute Gasteiger partial charge is 0.493 e. The van der Waals surface area contributed by atoms with Crippen LogP contribution in [0.1, 0.15) is 28.4 Å². The van der Waals surface area contributed by atoms with Crippen LogP contribution >= 0.6 is 0 Å². The van der Waals surface area contributed by atoms with Crippen molar-refractivity contribution in [2.75, 3.05) is 13.7 Å². The first-order valence-electron chi connectivity index (χ1n) is 10.5. The highest BCUT2D eigenvalue weighted by molar-refractivity contribution is 5.85. The summed E-state index contributed by atoms with van der Waals surface area (Å²) in [5, 5.41) is 5.03. The summed E-state index contributed by atoms with van der Waals surface area (Å²) in [6.45, 7) is 1.52. The van der Waals surface area contributed by atoms with Crippen molar-refractivity contribution in [1.82, 2.24) is 10.3 Å². The normalized spacial score (nSPS) is 15.7. The van der Waals surface area contributed by atoms with E-state index in [-0.39, 0.29) is 6.04 Å². The van der Waals surface area contributed by atoms with Gasteiger partial charge in [0.25, 0.3) is 0 Å². The second-order valence-corrected chi connectivity index (χ2v) is 7.78.